The Labute approximate surface area is 457 Å². The fourth-order valence-corrected chi connectivity index (χ4v) is 11.0. The number of rotatable bonds is 64. The Balaban J connectivity index is 3.26. The van der Waals surface area contributed by atoms with Crippen molar-refractivity contribution in [1.29, 1.82) is 0 Å². The first-order valence-electron chi connectivity index (χ1n) is 33.8. The molecular weight excluding hydrogens is 899 g/mol. The van der Waals surface area contributed by atoms with Crippen molar-refractivity contribution in [3.05, 3.63) is 0 Å². The van der Waals surface area contributed by atoms with Crippen molar-refractivity contribution < 1.29 is 24.5 Å². The fourth-order valence-electron chi connectivity index (χ4n) is 11.0. The maximum atomic E-state index is 12.4. The first-order valence-corrected chi connectivity index (χ1v) is 33.8. The summed E-state index contributed by atoms with van der Waals surface area (Å²) >= 11 is 0. The van der Waals surface area contributed by atoms with Gasteiger partial charge in [0, 0.05) is 12.8 Å². The van der Waals surface area contributed by atoms with Crippen molar-refractivity contribution in [3.63, 3.8) is 0 Å². The zero-order valence-electron chi connectivity index (χ0n) is 49.9. The van der Waals surface area contributed by atoms with E-state index in [1.807, 2.05) is 0 Å². The van der Waals surface area contributed by atoms with Crippen molar-refractivity contribution in [2.45, 2.75) is 405 Å². The molecule has 0 rings (SSSR count). The normalized spacial score (nSPS) is 12.4. The number of ether oxygens (including phenoxy) is 1. The molecule has 0 spiro atoms. The van der Waals surface area contributed by atoms with Gasteiger partial charge in [0.2, 0.25) is 5.91 Å². The molecular formula is C67H133NO5. The van der Waals surface area contributed by atoms with Gasteiger partial charge in [0.15, 0.2) is 0 Å². The minimum Gasteiger partial charge on any atom is -0.466 e. The summed E-state index contributed by atoms with van der Waals surface area (Å²) in [6.45, 7) is 4.97. The number of hydrogen-bond donors (Lipinski definition) is 3. The monoisotopic (exact) mass is 1030 g/mol. The predicted molar refractivity (Wildman–Crippen MR) is 320 cm³/mol. The highest BCUT2D eigenvalue weighted by Gasteiger charge is 2.20. The highest BCUT2D eigenvalue weighted by molar-refractivity contribution is 5.76. The van der Waals surface area contributed by atoms with E-state index in [2.05, 4.69) is 19.2 Å². The molecule has 0 aromatic carbocycles. The predicted octanol–water partition coefficient (Wildman–Crippen LogP) is 21.4. The van der Waals surface area contributed by atoms with Gasteiger partial charge in [-0.2, -0.15) is 0 Å². The third kappa shape index (κ3) is 60.0. The van der Waals surface area contributed by atoms with Crippen LogP contribution in [0.25, 0.3) is 0 Å². The standard InChI is InChI=1S/C67H133NO5/c1-3-5-7-9-11-13-14-15-38-41-45-49-53-57-61-67(72)73-62-58-54-50-46-42-39-36-34-32-30-28-26-24-22-20-18-16-17-19-21-23-25-27-29-31-33-35-37-40-44-48-52-56-60-66(71)68-64(63-69)65(70)59-55-51-47-43-12-10-8-6-4-2/h64-65,69-70H,3-63H2,1-2H3,(H,68,71). The molecule has 0 aliphatic heterocycles. The van der Waals surface area contributed by atoms with E-state index in [1.165, 1.54) is 321 Å². The lowest BCUT2D eigenvalue weighted by molar-refractivity contribution is -0.143. The maximum absolute atomic E-state index is 12.4. The van der Waals surface area contributed by atoms with Crippen LogP contribution in [-0.2, 0) is 14.3 Å². The molecule has 0 heterocycles. The van der Waals surface area contributed by atoms with Crippen molar-refractivity contribution >= 4 is 11.9 Å². The van der Waals surface area contributed by atoms with Crippen molar-refractivity contribution in [3.8, 4) is 0 Å². The zero-order valence-corrected chi connectivity index (χ0v) is 49.9. The lowest BCUT2D eigenvalue weighted by Gasteiger charge is -2.22. The van der Waals surface area contributed by atoms with E-state index >= 15 is 0 Å². The molecule has 0 aromatic heterocycles. The topological polar surface area (TPSA) is 95.9 Å². The lowest BCUT2D eigenvalue weighted by atomic mass is 10.0. The Morgan fingerprint density at radius 1 is 0.329 bits per heavy atom. The number of aliphatic hydroxyl groups excluding tert-OH is 2. The zero-order chi connectivity index (χ0) is 52.9. The molecule has 6 heteroatoms. The highest BCUT2D eigenvalue weighted by Crippen LogP contribution is 2.19. The molecule has 0 aliphatic carbocycles. The Kier molecular flexibility index (Phi) is 62.4. The third-order valence-corrected chi connectivity index (χ3v) is 16.2. The van der Waals surface area contributed by atoms with E-state index in [1.54, 1.807) is 0 Å². The second kappa shape index (κ2) is 63.4. The number of amides is 1. The van der Waals surface area contributed by atoms with Gasteiger partial charge in [-0.25, -0.2) is 0 Å². The molecule has 0 aromatic rings. The summed E-state index contributed by atoms with van der Waals surface area (Å²) in [4.78, 5) is 24.5. The van der Waals surface area contributed by atoms with E-state index in [4.69, 9.17) is 4.74 Å². The van der Waals surface area contributed by atoms with E-state index in [9.17, 15) is 19.8 Å². The van der Waals surface area contributed by atoms with Crippen LogP contribution in [0.3, 0.4) is 0 Å². The van der Waals surface area contributed by atoms with Gasteiger partial charge in [-0.15, -0.1) is 0 Å². The maximum Gasteiger partial charge on any atom is 0.305 e. The van der Waals surface area contributed by atoms with Gasteiger partial charge < -0.3 is 20.3 Å². The molecule has 3 N–H and O–H groups in total. The van der Waals surface area contributed by atoms with Crippen molar-refractivity contribution in [2.24, 2.45) is 0 Å². The average molecular weight is 1030 g/mol. The number of esters is 1. The summed E-state index contributed by atoms with van der Waals surface area (Å²) in [6.07, 6.45) is 76.0. The minimum absolute atomic E-state index is 0.0248. The Morgan fingerprint density at radius 2 is 0.562 bits per heavy atom. The number of nitrogens with one attached hydrogen (secondary N) is 1. The van der Waals surface area contributed by atoms with Gasteiger partial charge >= 0.3 is 5.97 Å². The Morgan fingerprint density at radius 3 is 0.836 bits per heavy atom. The summed E-state index contributed by atoms with van der Waals surface area (Å²) in [5.74, 6) is -0.00548. The van der Waals surface area contributed by atoms with Crippen LogP contribution in [0.4, 0.5) is 0 Å². The second-order valence-electron chi connectivity index (χ2n) is 23.5. The summed E-state index contributed by atoms with van der Waals surface area (Å²) in [5.41, 5.74) is 0. The van der Waals surface area contributed by atoms with Crippen LogP contribution in [-0.4, -0.2) is 47.4 Å². The summed E-state index contributed by atoms with van der Waals surface area (Å²) in [5, 5.41) is 23.1. The SMILES string of the molecule is CCCCCCCCCCCCCCCCC(=O)OCCCCCCCCCCCCCCCCCCCCCCCCCCCCCCCCCCCC(=O)NC(CO)C(O)CCCCCCCCCCC. The van der Waals surface area contributed by atoms with Gasteiger partial charge in [0.05, 0.1) is 25.4 Å². The van der Waals surface area contributed by atoms with E-state index in [0.717, 1.165) is 38.5 Å². The Bertz CT molecular complexity index is 1050. The van der Waals surface area contributed by atoms with Gasteiger partial charge in [0.25, 0.3) is 0 Å². The van der Waals surface area contributed by atoms with Crippen LogP contribution in [0.5, 0.6) is 0 Å². The minimum atomic E-state index is -0.657. The average Bonchev–Trinajstić information content (AvgIpc) is 3.39. The van der Waals surface area contributed by atoms with Crippen LogP contribution in [0.1, 0.15) is 393 Å². The largest absolute Gasteiger partial charge is 0.466 e. The van der Waals surface area contributed by atoms with Crippen LogP contribution in [0, 0.1) is 0 Å². The first kappa shape index (κ1) is 71.9. The van der Waals surface area contributed by atoms with Gasteiger partial charge in [-0.1, -0.05) is 354 Å². The van der Waals surface area contributed by atoms with Crippen LogP contribution >= 0.6 is 0 Å². The molecule has 73 heavy (non-hydrogen) atoms. The molecule has 0 aliphatic rings. The number of carbonyl (C=O) groups is 2. The highest BCUT2D eigenvalue weighted by atomic mass is 16.5. The van der Waals surface area contributed by atoms with Crippen LogP contribution < -0.4 is 5.32 Å². The number of aliphatic hydroxyl groups is 2. The summed E-state index contributed by atoms with van der Waals surface area (Å²) < 4.78 is 5.50. The molecule has 0 radical (unpaired) electrons. The van der Waals surface area contributed by atoms with Gasteiger partial charge in [-0.05, 0) is 25.7 Å². The molecule has 1 amide bonds. The molecule has 0 fully saturated rings. The molecule has 6 nitrogen and oxygen atoms in total. The fraction of sp³-hybridized carbons (Fsp3) is 0.970. The lowest BCUT2D eigenvalue weighted by Crippen LogP contribution is -2.45. The molecule has 0 bridgehead atoms. The van der Waals surface area contributed by atoms with Crippen LogP contribution in [0.15, 0.2) is 0 Å². The molecule has 0 saturated carbocycles. The molecule has 2 unspecified atom stereocenters. The number of unbranched alkanes of at least 4 members (excludes halogenated alkanes) is 53. The summed E-state index contributed by atoms with van der Waals surface area (Å²) in [7, 11) is 0. The molecule has 2 atom stereocenters. The second-order valence-corrected chi connectivity index (χ2v) is 23.5. The van der Waals surface area contributed by atoms with E-state index < -0.39 is 12.1 Å². The van der Waals surface area contributed by atoms with E-state index in [0.29, 0.717) is 25.9 Å². The van der Waals surface area contributed by atoms with Crippen LogP contribution in [0.2, 0.25) is 0 Å². The van der Waals surface area contributed by atoms with Crippen molar-refractivity contribution in [1.82, 2.24) is 5.32 Å². The third-order valence-electron chi connectivity index (χ3n) is 16.2. The van der Waals surface area contributed by atoms with Gasteiger partial charge in [0.1, 0.15) is 0 Å². The van der Waals surface area contributed by atoms with Crippen molar-refractivity contribution in [2.75, 3.05) is 13.2 Å². The molecule has 436 valence electrons. The first-order chi connectivity index (χ1) is 36.0. The quantitative estimate of drug-likeness (QED) is 0.0417. The summed E-state index contributed by atoms with van der Waals surface area (Å²) in [6, 6.07) is -0.534. The smallest absolute Gasteiger partial charge is 0.305 e. The van der Waals surface area contributed by atoms with E-state index in [-0.39, 0.29) is 18.5 Å². The Hall–Kier alpha value is -1.14. The number of carbonyl (C=O) groups excluding carboxylic acids is 2. The molecule has 0 saturated heterocycles. The number of hydrogen-bond acceptors (Lipinski definition) is 5. The van der Waals surface area contributed by atoms with Gasteiger partial charge in [-0.3, -0.25) is 9.59 Å².